The number of hydrogen-bond donors (Lipinski definition) is 1. The van der Waals surface area contributed by atoms with Crippen LogP contribution in [-0.4, -0.2) is 57.2 Å². The van der Waals surface area contributed by atoms with Gasteiger partial charge in [0.25, 0.3) is 0 Å². The number of anilines is 1. The summed E-state index contributed by atoms with van der Waals surface area (Å²) in [6.45, 7) is 3.03. The minimum Gasteiger partial charge on any atom is -0.387 e. The molecule has 3 heterocycles. The summed E-state index contributed by atoms with van der Waals surface area (Å²) < 4.78 is 0. The number of aliphatic hydroxyl groups is 1. The molecule has 0 saturated carbocycles. The molecular weight excluding hydrogens is 386 g/mol. The number of fused-ring (bicyclic) bond motifs is 1. The summed E-state index contributed by atoms with van der Waals surface area (Å²) in [7, 11) is 2.05. The second kappa shape index (κ2) is 8.36. The predicted octanol–water partition coefficient (Wildman–Crippen LogP) is 3.10. The van der Waals surface area contributed by atoms with Crippen LogP contribution < -0.4 is 4.90 Å². The Kier molecular flexibility index (Phi) is 5.42. The average molecular weight is 416 g/mol. The maximum Gasteiger partial charge on any atom is 0.161 e. The monoisotopic (exact) mass is 415 g/mol. The smallest absolute Gasteiger partial charge is 0.161 e. The van der Waals surface area contributed by atoms with Crippen LogP contribution in [0.5, 0.6) is 0 Å². The van der Waals surface area contributed by atoms with Crippen molar-refractivity contribution < 1.29 is 5.11 Å². The third-order valence-corrected chi connectivity index (χ3v) is 6.40. The molecule has 0 amide bonds. The van der Waals surface area contributed by atoms with Crippen molar-refractivity contribution >= 4 is 5.82 Å². The second-order valence-electron chi connectivity index (χ2n) is 8.91. The number of aromatic nitrogens is 3. The zero-order valence-corrected chi connectivity index (χ0v) is 18.0. The van der Waals surface area contributed by atoms with Crippen molar-refractivity contribution in [3.63, 3.8) is 0 Å². The molecule has 1 fully saturated rings. The summed E-state index contributed by atoms with van der Waals surface area (Å²) in [4.78, 5) is 18.4. The first-order valence-corrected chi connectivity index (χ1v) is 11.1. The molecule has 1 unspecified atom stereocenters. The number of β-amino-alcohol motifs (C(OH)–C–C–N with tert-alkyl or cyclic N) is 1. The van der Waals surface area contributed by atoms with Gasteiger partial charge in [0.15, 0.2) is 5.82 Å². The normalized spacial score (nSPS) is 20.7. The number of pyridine rings is 1. The Morgan fingerprint density at radius 3 is 2.68 bits per heavy atom. The number of hydrogen-bond acceptors (Lipinski definition) is 6. The largest absolute Gasteiger partial charge is 0.387 e. The van der Waals surface area contributed by atoms with Gasteiger partial charge in [-0.3, -0.25) is 9.88 Å². The Labute approximate surface area is 183 Å². The number of aryl methyl sites for hydroxylation is 1. The van der Waals surface area contributed by atoms with Crippen LogP contribution in [0.3, 0.4) is 0 Å². The van der Waals surface area contributed by atoms with E-state index in [9.17, 15) is 5.11 Å². The fourth-order valence-corrected chi connectivity index (χ4v) is 4.92. The van der Waals surface area contributed by atoms with E-state index in [1.807, 2.05) is 18.2 Å². The van der Waals surface area contributed by atoms with Crippen LogP contribution in [-0.2, 0) is 19.4 Å². The molecule has 31 heavy (non-hydrogen) atoms. The summed E-state index contributed by atoms with van der Waals surface area (Å²) >= 11 is 0. The van der Waals surface area contributed by atoms with Crippen LogP contribution in [0.1, 0.15) is 29.7 Å². The Balaban J connectivity index is 1.34. The van der Waals surface area contributed by atoms with Crippen molar-refractivity contribution in [1.82, 2.24) is 19.9 Å². The van der Waals surface area contributed by atoms with E-state index >= 15 is 0 Å². The van der Waals surface area contributed by atoms with Crippen LogP contribution >= 0.6 is 0 Å². The fraction of sp³-hybridized carbons (Fsp3) is 0.400. The maximum atomic E-state index is 11.4. The molecule has 1 N–H and O–H groups in total. The Morgan fingerprint density at radius 2 is 1.87 bits per heavy atom. The fourth-order valence-electron chi connectivity index (χ4n) is 4.92. The van der Waals surface area contributed by atoms with Crippen molar-refractivity contribution in [1.29, 1.82) is 0 Å². The topological polar surface area (TPSA) is 65.4 Å². The van der Waals surface area contributed by atoms with Gasteiger partial charge in [0, 0.05) is 62.4 Å². The van der Waals surface area contributed by atoms with E-state index in [2.05, 4.69) is 46.1 Å². The van der Waals surface area contributed by atoms with Gasteiger partial charge >= 0.3 is 0 Å². The number of likely N-dealkylation sites (tertiary alicyclic amines) is 1. The lowest BCUT2D eigenvalue weighted by molar-refractivity contribution is 0.0561. The molecule has 1 atom stereocenters. The molecule has 5 rings (SSSR count). The van der Waals surface area contributed by atoms with Gasteiger partial charge in [-0.1, -0.05) is 30.3 Å². The van der Waals surface area contributed by atoms with Gasteiger partial charge in [-0.15, -0.1) is 0 Å². The first kappa shape index (κ1) is 20.1. The van der Waals surface area contributed by atoms with Crippen LogP contribution in [0, 0.1) is 0 Å². The van der Waals surface area contributed by atoms with E-state index in [1.165, 1.54) is 11.1 Å². The Hall–Kier alpha value is -2.83. The van der Waals surface area contributed by atoms with Crippen molar-refractivity contribution in [2.45, 2.75) is 37.8 Å². The zero-order valence-electron chi connectivity index (χ0n) is 18.0. The van der Waals surface area contributed by atoms with Crippen LogP contribution in [0.2, 0.25) is 0 Å². The van der Waals surface area contributed by atoms with Crippen molar-refractivity contribution in [3.8, 4) is 11.4 Å². The number of benzene rings is 1. The van der Waals surface area contributed by atoms with Gasteiger partial charge in [-0.05, 0) is 43.4 Å². The SMILES string of the molecule is CN(CC1(O)CCN(Cc2ccccc2)C1)c1nc(-c2ccncc2)nc2c1CCC2. The first-order chi connectivity index (χ1) is 15.1. The molecule has 3 aromatic rings. The minimum atomic E-state index is -0.739. The lowest BCUT2D eigenvalue weighted by Gasteiger charge is -2.31. The summed E-state index contributed by atoms with van der Waals surface area (Å²) in [6.07, 6.45) is 7.43. The second-order valence-corrected chi connectivity index (χ2v) is 8.91. The quantitative estimate of drug-likeness (QED) is 0.667. The molecular formula is C25H29N5O. The van der Waals surface area contributed by atoms with E-state index in [4.69, 9.17) is 9.97 Å². The van der Waals surface area contributed by atoms with Crippen molar-refractivity contribution in [2.75, 3.05) is 31.6 Å². The van der Waals surface area contributed by atoms with Gasteiger partial charge in [0.2, 0.25) is 0 Å². The highest BCUT2D eigenvalue weighted by Gasteiger charge is 2.38. The molecule has 2 aromatic heterocycles. The van der Waals surface area contributed by atoms with Gasteiger partial charge in [0.05, 0.1) is 5.60 Å². The molecule has 0 radical (unpaired) electrons. The van der Waals surface area contributed by atoms with E-state index in [-0.39, 0.29) is 0 Å². The van der Waals surface area contributed by atoms with Gasteiger partial charge in [-0.2, -0.15) is 0 Å². The molecule has 6 nitrogen and oxygen atoms in total. The molecule has 0 spiro atoms. The molecule has 6 heteroatoms. The minimum absolute atomic E-state index is 0.567. The van der Waals surface area contributed by atoms with Crippen LogP contribution in [0.25, 0.3) is 11.4 Å². The lowest BCUT2D eigenvalue weighted by atomic mass is 10.0. The predicted molar refractivity (Wildman–Crippen MR) is 122 cm³/mol. The van der Waals surface area contributed by atoms with Gasteiger partial charge in [-0.25, -0.2) is 9.97 Å². The lowest BCUT2D eigenvalue weighted by Crippen LogP contribution is -2.44. The summed E-state index contributed by atoms with van der Waals surface area (Å²) in [5.41, 5.74) is 3.91. The standard InChI is InChI=1S/C25H29N5O/c1-29(17-25(31)12-15-30(18-25)16-19-6-3-2-4-7-19)24-21-8-5-9-22(21)27-23(28-24)20-10-13-26-14-11-20/h2-4,6-7,10-11,13-14,31H,5,8-9,12,15-18H2,1H3. The molecule has 1 aliphatic carbocycles. The number of nitrogens with zero attached hydrogens (tertiary/aromatic N) is 5. The third kappa shape index (κ3) is 4.31. The van der Waals surface area contributed by atoms with E-state index in [0.717, 1.165) is 61.7 Å². The third-order valence-electron chi connectivity index (χ3n) is 6.40. The van der Waals surface area contributed by atoms with Crippen LogP contribution in [0.15, 0.2) is 54.9 Å². The molecule has 2 aliphatic rings. The summed E-state index contributed by atoms with van der Waals surface area (Å²) in [6, 6.07) is 14.4. The zero-order chi connectivity index (χ0) is 21.3. The van der Waals surface area contributed by atoms with E-state index < -0.39 is 5.60 Å². The highest BCUT2D eigenvalue weighted by Crippen LogP contribution is 2.32. The van der Waals surface area contributed by atoms with Crippen molar-refractivity contribution in [2.24, 2.45) is 0 Å². The Morgan fingerprint density at radius 1 is 1.06 bits per heavy atom. The molecule has 160 valence electrons. The highest BCUT2D eigenvalue weighted by atomic mass is 16.3. The van der Waals surface area contributed by atoms with Crippen molar-refractivity contribution in [3.05, 3.63) is 71.7 Å². The van der Waals surface area contributed by atoms with E-state index in [1.54, 1.807) is 12.4 Å². The van der Waals surface area contributed by atoms with Gasteiger partial charge < -0.3 is 10.0 Å². The Bertz CT molecular complexity index is 1040. The average Bonchev–Trinajstić information content (AvgIpc) is 3.41. The number of likely N-dealkylation sites (N-methyl/N-ethyl adjacent to an activating group) is 1. The van der Waals surface area contributed by atoms with Gasteiger partial charge in [0.1, 0.15) is 5.82 Å². The molecule has 1 aromatic carbocycles. The van der Waals surface area contributed by atoms with E-state index in [0.29, 0.717) is 13.1 Å². The summed E-state index contributed by atoms with van der Waals surface area (Å²) in [5, 5.41) is 11.4. The first-order valence-electron chi connectivity index (χ1n) is 11.1. The maximum absolute atomic E-state index is 11.4. The molecule has 0 bridgehead atoms. The summed E-state index contributed by atoms with van der Waals surface area (Å²) in [5.74, 6) is 1.71. The molecule has 1 saturated heterocycles. The van der Waals surface area contributed by atoms with Crippen LogP contribution in [0.4, 0.5) is 5.82 Å². The molecule has 1 aliphatic heterocycles. The number of rotatable bonds is 6. The highest BCUT2D eigenvalue weighted by molar-refractivity contribution is 5.61.